The highest BCUT2D eigenvalue weighted by molar-refractivity contribution is 5.43. The van der Waals surface area contributed by atoms with Crippen molar-refractivity contribution in [1.82, 2.24) is 0 Å². The summed E-state index contributed by atoms with van der Waals surface area (Å²) in [4.78, 5) is 0. The molecule has 2 nitrogen and oxygen atoms in total. The molecule has 1 rings (SSSR count). The van der Waals surface area contributed by atoms with Gasteiger partial charge in [0.05, 0.1) is 12.5 Å². The van der Waals surface area contributed by atoms with E-state index < -0.39 is 11.6 Å². The van der Waals surface area contributed by atoms with Gasteiger partial charge in [0.15, 0.2) is 11.6 Å². The molecule has 1 N–H and O–H groups in total. The molecule has 0 fully saturated rings. The van der Waals surface area contributed by atoms with Gasteiger partial charge in [-0.05, 0) is 18.2 Å². The number of halogens is 2. The van der Waals surface area contributed by atoms with Crippen LogP contribution in [0.4, 0.5) is 14.5 Å². The molecule has 4 heteroatoms. The van der Waals surface area contributed by atoms with E-state index in [1.165, 1.54) is 6.07 Å². The van der Waals surface area contributed by atoms with Gasteiger partial charge in [0.1, 0.15) is 0 Å². The Labute approximate surface area is 74.8 Å². The Hall–Kier alpha value is -1.63. The van der Waals surface area contributed by atoms with Gasteiger partial charge < -0.3 is 5.32 Å². The van der Waals surface area contributed by atoms with Crippen LogP contribution in [0.25, 0.3) is 0 Å². The highest BCUT2D eigenvalue weighted by atomic mass is 19.2. The third-order valence-corrected chi connectivity index (χ3v) is 1.49. The van der Waals surface area contributed by atoms with E-state index in [1.807, 2.05) is 6.07 Å². The van der Waals surface area contributed by atoms with E-state index in [0.717, 1.165) is 12.1 Å². The maximum atomic E-state index is 12.6. The second-order valence-corrected chi connectivity index (χ2v) is 2.46. The first-order valence-electron chi connectivity index (χ1n) is 3.80. The van der Waals surface area contributed by atoms with Crippen molar-refractivity contribution in [2.75, 3.05) is 11.9 Å². The lowest BCUT2D eigenvalue weighted by atomic mass is 10.3. The van der Waals surface area contributed by atoms with Gasteiger partial charge in [0.2, 0.25) is 0 Å². The van der Waals surface area contributed by atoms with E-state index in [-0.39, 0.29) is 0 Å². The SMILES string of the molecule is N#CCCNc1ccc(F)c(F)c1. The van der Waals surface area contributed by atoms with Crippen molar-refractivity contribution >= 4 is 5.69 Å². The number of rotatable bonds is 3. The first kappa shape index (κ1) is 9.46. The van der Waals surface area contributed by atoms with Gasteiger partial charge in [-0.15, -0.1) is 0 Å². The summed E-state index contributed by atoms with van der Waals surface area (Å²) in [5, 5.41) is 11.0. The third-order valence-electron chi connectivity index (χ3n) is 1.49. The van der Waals surface area contributed by atoms with Crippen molar-refractivity contribution in [2.45, 2.75) is 6.42 Å². The topological polar surface area (TPSA) is 35.8 Å². The Morgan fingerprint density at radius 2 is 2.08 bits per heavy atom. The maximum Gasteiger partial charge on any atom is 0.160 e. The average molecular weight is 182 g/mol. The van der Waals surface area contributed by atoms with E-state index in [4.69, 9.17) is 5.26 Å². The number of nitriles is 1. The predicted octanol–water partition coefficient (Wildman–Crippen LogP) is 2.29. The molecule has 0 spiro atoms. The molecule has 0 aliphatic rings. The zero-order valence-electron chi connectivity index (χ0n) is 6.85. The Morgan fingerprint density at radius 1 is 1.31 bits per heavy atom. The van der Waals surface area contributed by atoms with Crippen LogP contribution in [-0.2, 0) is 0 Å². The summed E-state index contributed by atoms with van der Waals surface area (Å²) in [7, 11) is 0. The summed E-state index contributed by atoms with van der Waals surface area (Å²) in [5.41, 5.74) is 0.481. The minimum atomic E-state index is -0.887. The molecule has 1 aromatic rings. The molecule has 0 aromatic heterocycles. The van der Waals surface area contributed by atoms with Crippen LogP contribution in [0.2, 0.25) is 0 Å². The number of anilines is 1. The highest BCUT2D eigenvalue weighted by Crippen LogP contribution is 2.12. The molecule has 0 radical (unpaired) electrons. The summed E-state index contributed by atoms with van der Waals surface area (Å²) in [6.07, 6.45) is 0.332. The summed E-state index contributed by atoms with van der Waals surface area (Å²) in [5.74, 6) is -1.76. The number of nitrogens with zero attached hydrogens (tertiary/aromatic N) is 1. The van der Waals surface area contributed by atoms with Gasteiger partial charge in [0, 0.05) is 12.2 Å². The van der Waals surface area contributed by atoms with Gasteiger partial charge in [-0.3, -0.25) is 0 Å². The molecule has 0 unspecified atom stereocenters. The highest BCUT2D eigenvalue weighted by Gasteiger charge is 2.00. The molecule has 13 heavy (non-hydrogen) atoms. The zero-order chi connectivity index (χ0) is 9.68. The molecule has 0 saturated heterocycles. The largest absolute Gasteiger partial charge is 0.384 e. The number of benzene rings is 1. The van der Waals surface area contributed by atoms with Gasteiger partial charge in [-0.2, -0.15) is 5.26 Å². The smallest absolute Gasteiger partial charge is 0.160 e. The number of nitrogens with one attached hydrogen (secondary N) is 1. The van der Waals surface area contributed by atoms with Crippen LogP contribution >= 0.6 is 0 Å². The minimum absolute atomic E-state index is 0.332. The standard InChI is InChI=1S/C9H8F2N2/c10-8-3-2-7(6-9(8)11)13-5-1-4-12/h2-3,6,13H,1,5H2. The van der Waals surface area contributed by atoms with Crippen LogP contribution in [-0.4, -0.2) is 6.54 Å². The first-order valence-corrected chi connectivity index (χ1v) is 3.80. The van der Waals surface area contributed by atoms with Crippen molar-refractivity contribution in [3.8, 4) is 6.07 Å². The molecule has 0 aliphatic carbocycles. The Bertz CT molecular complexity index is 331. The molecular formula is C9H8F2N2. The third kappa shape index (κ3) is 2.71. The molecule has 0 atom stereocenters. The quantitative estimate of drug-likeness (QED) is 0.728. The van der Waals surface area contributed by atoms with Crippen molar-refractivity contribution in [3.63, 3.8) is 0 Å². The van der Waals surface area contributed by atoms with Crippen molar-refractivity contribution in [3.05, 3.63) is 29.8 Å². The summed E-state index contributed by atoms with van der Waals surface area (Å²) in [6, 6.07) is 5.47. The average Bonchev–Trinajstić information content (AvgIpc) is 2.12. The second-order valence-electron chi connectivity index (χ2n) is 2.46. The van der Waals surface area contributed by atoms with Crippen molar-refractivity contribution in [1.29, 1.82) is 5.26 Å². The van der Waals surface area contributed by atoms with E-state index in [9.17, 15) is 8.78 Å². The minimum Gasteiger partial charge on any atom is -0.384 e. The fraction of sp³-hybridized carbons (Fsp3) is 0.222. The Morgan fingerprint density at radius 3 is 2.69 bits per heavy atom. The lowest BCUT2D eigenvalue weighted by Crippen LogP contribution is -2.00. The van der Waals surface area contributed by atoms with Crippen LogP contribution in [0.15, 0.2) is 18.2 Å². The van der Waals surface area contributed by atoms with Crippen LogP contribution in [0.5, 0.6) is 0 Å². The molecule has 1 aromatic carbocycles. The van der Waals surface area contributed by atoms with E-state index in [1.54, 1.807) is 0 Å². The Balaban J connectivity index is 2.59. The monoisotopic (exact) mass is 182 g/mol. The van der Waals surface area contributed by atoms with E-state index in [0.29, 0.717) is 18.7 Å². The lowest BCUT2D eigenvalue weighted by molar-refractivity contribution is 0.509. The molecule has 0 aliphatic heterocycles. The summed E-state index contributed by atoms with van der Waals surface area (Å²) in [6.45, 7) is 0.432. The summed E-state index contributed by atoms with van der Waals surface area (Å²) >= 11 is 0. The van der Waals surface area contributed by atoms with Crippen LogP contribution in [0.3, 0.4) is 0 Å². The van der Waals surface area contributed by atoms with E-state index >= 15 is 0 Å². The normalized spacial score (nSPS) is 9.31. The van der Waals surface area contributed by atoms with Gasteiger partial charge in [-0.25, -0.2) is 8.78 Å². The van der Waals surface area contributed by atoms with Gasteiger partial charge in [0.25, 0.3) is 0 Å². The lowest BCUT2D eigenvalue weighted by Gasteiger charge is -2.03. The van der Waals surface area contributed by atoms with Gasteiger partial charge in [-0.1, -0.05) is 0 Å². The molecule has 0 heterocycles. The summed E-state index contributed by atoms with van der Waals surface area (Å²) < 4.78 is 25.0. The van der Waals surface area contributed by atoms with Gasteiger partial charge >= 0.3 is 0 Å². The molecule has 0 amide bonds. The van der Waals surface area contributed by atoms with Crippen LogP contribution in [0, 0.1) is 23.0 Å². The Kier molecular flexibility index (Phi) is 3.21. The number of hydrogen-bond donors (Lipinski definition) is 1. The first-order chi connectivity index (χ1) is 6.24. The zero-order valence-corrected chi connectivity index (χ0v) is 6.85. The van der Waals surface area contributed by atoms with Crippen LogP contribution < -0.4 is 5.32 Å². The maximum absolute atomic E-state index is 12.6. The van der Waals surface area contributed by atoms with E-state index in [2.05, 4.69) is 5.32 Å². The molecule has 68 valence electrons. The second kappa shape index (κ2) is 4.41. The molecular weight excluding hydrogens is 174 g/mol. The fourth-order valence-corrected chi connectivity index (χ4v) is 0.869. The number of hydrogen-bond acceptors (Lipinski definition) is 2. The van der Waals surface area contributed by atoms with Crippen molar-refractivity contribution in [2.24, 2.45) is 0 Å². The van der Waals surface area contributed by atoms with Crippen LogP contribution in [0.1, 0.15) is 6.42 Å². The predicted molar refractivity (Wildman–Crippen MR) is 45.1 cm³/mol. The molecule has 0 saturated carbocycles. The fourth-order valence-electron chi connectivity index (χ4n) is 0.869. The van der Waals surface area contributed by atoms with Crippen molar-refractivity contribution < 1.29 is 8.78 Å². The molecule has 0 bridgehead atoms.